The van der Waals surface area contributed by atoms with Gasteiger partial charge in [0.15, 0.2) is 0 Å². The minimum Gasteiger partial charge on any atom is -0.314 e. The predicted molar refractivity (Wildman–Crippen MR) is 77.8 cm³/mol. The number of rotatable bonds is 4. The monoisotopic (exact) mass is 256 g/mol. The minimum absolute atomic E-state index is 0.763. The molecule has 3 heteroatoms. The maximum Gasteiger partial charge on any atom is 0.0247 e. The zero-order valence-electron chi connectivity index (χ0n) is 11.6. The van der Waals surface area contributed by atoms with Gasteiger partial charge < -0.3 is 5.32 Å². The molecule has 0 aromatic heterocycles. The van der Waals surface area contributed by atoms with Crippen molar-refractivity contribution in [3.05, 3.63) is 0 Å². The third-order valence-electron chi connectivity index (χ3n) is 4.32. The van der Waals surface area contributed by atoms with Gasteiger partial charge in [0.25, 0.3) is 0 Å². The summed E-state index contributed by atoms with van der Waals surface area (Å²) in [5.41, 5.74) is 0. The predicted octanol–water partition coefficient (Wildman–Crippen LogP) is 2.59. The lowest BCUT2D eigenvalue weighted by atomic mass is 9.98. The largest absolute Gasteiger partial charge is 0.314 e. The van der Waals surface area contributed by atoms with Crippen LogP contribution in [0.3, 0.4) is 0 Å². The Morgan fingerprint density at radius 2 is 2.18 bits per heavy atom. The topological polar surface area (TPSA) is 15.3 Å². The molecule has 3 unspecified atom stereocenters. The first kappa shape index (κ1) is 13.7. The average molecular weight is 256 g/mol. The second-order valence-corrected chi connectivity index (χ2v) is 7.37. The van der Waals surface area contributed by atoms with Crippen LogP contribution >= 0.6 is 11.8 Å². The fraction of sp³-hybridized carbons (Fsp3) is 1.00. The Bertz CT molecular complexity index is 232. The van der Waals surface area contributed by atoms with Crippen LogP contribution in [0.1, 0.15) is 40.0 Å². The van der Waals surface area contributed by atoms with E-state index in [-0.39, 0.29) is 0 Å². The molecule has 1 heterocycles. The smallest absolute Gasteiger partial charge is 0.0247 e. The van der Waals surface area contributed by atoms with Crippen molar-refractivity contribution < 1.29 is 0 Å². The summed E-state index contributed by atoms with van der Waals surface area (Å²) in [4.78, 5) is 2.82. The Morgan fingerprint density at radius 1 is 1.35 bits per heavy atom. The van der Waals surface area contributed by atoms with Crippen molar-refractivity contribution >= 4 is 11.8 Å². The van der Waals surface area contributed by atoms with Gasteiger partial charge in [-0.2, -0.15) is 11.8 Å². The molecular weight excluding hydrogens is 228 g/mol. The second kappa shape index (κ2) is 6.44. The summed E-state index contributed by atoms with van der Waals surface area (Å²) in [5, 5.41) is 4.50. The lowest BCUT2D eigenvalue weighted by Gasteiger charge is -2.42. The van der Waals surface area contributed by atoms with Crippen molar-refractivity contribution in [2.24, 2.45) is 5.92 Å². The van der Waals surface area contributed by atoms with Crippen LogP contribution in [0.25, 0.3) is 0 Å². The van der Waals surface area contributed by atoms with Gasteiger partial charge in [-0.3, -0.25) is 4.90 Å². The van der Waals surface area contributed by atoms with Gasteiger partial charge in [0, 0.05) is 37.0 Å². The highest BCUT2D eigenvalue weighted by Gasteiger charge is 2.35. The van der Waals surface area contributed by atoms with Crippen LogP contribution < -0.4 is 5.32 Å². The summed E-state index contributed by atoms with van der Waals surface area (Å²) in [6.45, 7) is 10.7. The number of nitrogens with zero attached hydrogens (tertiary/aromatic N) is 1. The van der Waals surface area contributed by atoms with Crippen molar-refractivity contribution in [1.82, 2.24) is 10.2 Å². The molecule has 1 saturated carbocycles. The maximum atomic E-state index is 3.56. The van der Waals surface area contributed by atoms with E-state index in [2.05, 4.69) is 42.7 Å². The lowest BCUT2D eigenvalue weighted by molar-refractivity contribution is 0.0795. The Balaban J connectivity index is 1.91. The Hall–Kier alpha value is 0.270. The first-order chi connectivity index (χ1) is 8.22. The van der Waals surface area contributed by atoms with E-state index in [9.17, 15) is 0 Å². The molecule has 0 aromatic carbocycles. The minimum atomic E-state index is 0.763. The molecule has 2 nitrogen and oxygen atoms in total. The van der Waals surface area contributed by atoms with Gasteiger partial charge in [0.2, 0.25) is 0 Å². The highest BCUT2D eigenvalue weighted by atomic mass is 32.2. The molecule has 3 atom stereocenters. The van der Waals surface area contributed by atoms with E-state index in [0.29, 0.717) is 0 Å². The third-order valence-corrected chi connectivity index (χ3v) is 5.56. The molecule has 0 radical (unpaired) electrons. The van der Waals surface area contributed by atoms with Gasteiger partial charge in [0.1, 0.15) is 0 Å². The molecule has 2 rings (SSSR count). The SMILES string of the molecule is CCSC1CCC(N2CCNCC2C(C)C)C1. The van der Waals surface area contributed by atoms with Crippen molar-refractivity contribution in [3.8, 4) is 0 Å². The molecule has 1 saturated heterocycles. The van der Waals surface area contributed by atoms with E-state index in [0.717, 1.165) is 23.3 Å². The Kier molecular flexibility index (Phi) is 5.19. The molecule has 0 spiro atoms. The molecule has 1 N–H and O–H groups in total. The zero-order chi connectivity index (χ0) is 12.3. The lowest BCUT2D eigenvalue weighted by Crippen LogP contribution is -2.56. The van der Waals surface area contributed by atoms with Crippen molar-refractivity contribution in [2.75, 3.05) is 25.4 Å². The normalized spacial score (nSPS) is 35.6. The van der Waals surface area contributed by atoms with Gasteiger partial charge in [-0.05, 0) is 30.9 Å². The number of thioether (sulfide) groups is 1. The number of hydrogen-bond acceptors (Lipinski definition) is 3. The van der Waals surface area contributed by atoms with E-state index in [1.807, 2.05) is 0 Å². The zero-order valence-corrected chi connectivity index (χ0v) is 12.4. The molecule has 0 bridgehead atoms. The number of nitrogens with one attached hydrogen (secondary N) is 1. The molecule has 1 aliphatic heterocycles. The second-order valence-electron chi connectivity index (χ2n) is 5.80. The first-order valence-electron chi connectivity index (χ1n) is 7.30. The van der Waals surface area contributed by atoms with Crippen molar-refractivity contribution in [2.45, 2.75) is 57.4 Å². The first-order valence-corrected chi connectivity index (χ1v) is 8.35. The van der Waals surface area contributed by atoms with Crippen molar-refractivity contribution in [3.63, 3.8) is 0 Å². The third kappa shape index (κ3) is 3.39. The summed E-state index contributed by atoms with van der Waals surface area (Å²) < 4.78 is 0. The molecule has 1 aliphatic carbocycles. The van der Waals surface area contributed by atoms with Crippen LogP contribution in [0.2, 0.25) is 0 Å². The van der Waals surface area contributed by atoms with Gasteiger partial charge in [-0.25, -0.2) is 0 Å². The van der Waals surface area contributed by atoms with E-state index in [1.165, 1.54) is 44.6 Å². The van der Waals surface area contributed by atoms with E-state index < -0.39 is 0 Å². The van der Waals surface area contributed by atoms with E-state index in [1.54, 1.807) is 0 Å². The fourth-order valence-corrected chi connectivity index (χ4v) is 4.55. The molecular formula is C14H28N2S. The molecule has 0 amide bonds. The molecule has 0 aromatic rings. The maximum absolute atomic E-state index is 3.56. The van der Waals surface area contributed by atoms with Gasteiger partial charge >= 0.3 is 0 Å². The number of hydrogen-bond donors (Lipinski definition) is 1. The fourth-order valence-electron chi connectivity index (χ4n) is 3.42. The van der Waals surface area contributed by atoms with Crippen LogP contribution in [0.5, 0.6) is 0 Å². The molecule has 2 fully saturated rings. The summed E-state index contributed by atoms with van der Waals surface area (Å²) in [6, 6.07) is 1.63. The highest BCUT2D eigenvalue weighted by Crippen LogP contribution is 2.34. The van der Waals surface area contributed by atoms with E-state index in [4.69, 9.17) is 0 Å². The van der Waals surface area contributed by atoms with Crippen LogP contribution in [0, 0.1) is 5.92 Å². The van der Waals surface area contributed by atoms with Crippen LogP contribution in [0.4, 0.5) is 0 Å². The van der Waals surface area contributed by atoms with Crippen LogP contribution in [-0.2, 0) is 0 Å². The molecule has 17 heavy (non-hydrogen) atoms. The standard InChI is InChI=1S/C14H28N2S/c1-4-17-13-6-5-12(9-13)16-8-7-15-10-14(16)11(2)3/h11-15H,4-10H2,1-3H3. The van der Waals surface area contributed by atoms with Gasteiger partial charge in [0.05, 0.1) is 0 Å². The van der Waals surface area contributed by atoms with Crippen molar-refractivity contribution in [1.29, 1.82) is 0 Å². The summed E-state index contributed by atoms with van der Waals surface area (Å²) in [7, 11) is 0. The summed E-state index contributed by atoms with van der Waals surface area (Å²) in [5.74, 6) is 2.06. The Labute approximate surface area is 111 Å². The summed E-state index contributed by atoms with van der Waals surface area (Å²) in [6.07, 6.45) is 4.31. The highest BCUT2D eigenvalue weighted by molar-refractivity contribution is 7.99. The van der Waals surface area contributed by atoms with Gasteiger partial charge in [-0.1, -0.05) is 20.8 Å². The van der Waals surface area contributed by atoms with Gasteiger partial charge in [-0.15, -0.1) is 0 Å². The molecule has 100 valence electrons. The van der Waals surface area contributed by atoms with Crippen LogP contribution in [0.15, 0.2) is 0 Å². The number of piperazine rings is 1. The Morgan fingerprint density at radius 3 is 2.88 bits per heavy atom. The summed E-state index contributed by atoms with van der Waals surface area (Å²) >= 11 is 2.17. The average Bonchev–Trinajstić information content (AvgIpc) is 2.78. The quantitative estimate of drug-likeness (QED) is 0.832. The molecule has 2 aliphatic rings. The van der Waals surface area contributed by atoms with E-state index >= 15 is 0 Å². The van der Waals surface area contributed by atoms with Crippen LogP contribution in [-0.4, -0.2) is 47.6 Å².